The number of thiazole rings is 1. The largest absolute Gasteiger partial charge is 0.352 e. The number of hydrogen-bond acceptors (Lipinski definition) is 5. The van der Waals surface area contributed by atoms with Crippen LogP contribution in [0.3, 0.4) is 0 Å². The molecule has 7 heteroatoms. The molecule has 1 saturated heterocycles. The van der Waals surface area contributed by atoms with E-state index in [2.05, 4.69) is 26.7 Å². The third-order valence-corrected chi connectivity index (χ3v) is 5.80. The van der Waals surface area contributed by atoms with Gasteiger partial charge in [0.05, 0.1) is 20.8 Å². The fraction of sp³-hybridized carbons (Fsp3) is 0.350. The van der Waals surface area contributed by atoms with Crippen molar-refractivity contribution in [3.8, 4) is 0 Å². The van der Waals surface area contributed by atoms with Crippen LogP contribution in [0.2, 0.25) is 0 Å². The van der Waals surface area contributed by atoms with Crippen LogP contribution >= 0.6 is 23.7 Å². The summed E-state index contributed by atoms with van der Waals surface area (Å²) in [4.78, 5) is 21.3. The SMILES string of the molecule is Cl.O=C(NCCc1nc2ccccc2s1)c1cncc(CC2CCNC2)c1. The third-order valence-electron chi connectivity index (χ3n) is 4.71. The molecule has 0 aliphatic carbocycles. The van der Waals surface area contributed by atoms with Crippen molar-refractivity contribution < 1.29 is 4.79 Å². The zero-order valence-corrected chi connectivity index (χ0v) is 16.6. The first-order valence-corrected chi connectivity index (χ1v) is 9.87. The molecule has 2 aromatic heterocycles. The van der Waals surface area contributed by atoms with Gasteiger partial charge in [0.15, 0.2) is 0 Å². The van der Waals surface area contributed by atoms with Crippen LogP contribution in [0, 0.1) is 5.92 Å². The summed E-state index contributed by atoms with van der Waals surface area (Å²) in [5.41, 5.74) is 2.80. The molecular weight excluding hydrogens is 380 g/mol. The number of fused-ring (bicyclic) bond motifs is 1. The summed E-state index contributed by atoms with van der Waals surface area (Å²) in [5, 5.41) is 7.41. The predicted molar refractivity (Wildman–Crippen MR) is 112 cm³/mol. The minimum absolute atomic E-state index is 0. The van der Waals surface area contributed by atoms with E-state index >= 15 is 0 Å². The van der Waals surface area contributed by atoms with Gasteiger partial charge in [0.25, 0.3) is 5.91 Å². The van der Waals surface area contributed by atoms with Gasteiger partial charge in [-0.2, -0.15) is 0 Å². The van der Waals surface area contributed by atoms with Gasteiger partial charge in [-0.15, -0.1) is 23.7 Å². The number of para-hydroxylation sites is 1. The zero-order chi connectivity index (χ0) is 17.8. The molecule has 2 N–H and O–H groups in total. The second-order valence-electron chi connectivity index (χ2n) is 6.73. The molecule has 142 valence electrons. The van der Waals surface area contributed by atoms with Crippen LogP contribution in [0.1, 0.15) is 27.3 Å². The van der Waals surface area contributed by atoms with Gasteiger partial charge in [0, 0.05) is 25.4 Å². The van der Waals surface area contributed by atoms with Crippen LogP contribution in [0.25, 0.3) is 10.2 Å². The van der Waals surface area contributed by atoms with E-state index in [0.717, 1.165) is 42.0 Å². The lowest BCUT2D eigenvalue weighted by atomic mass is 9.99. The maximum absolute atomic E-state index is 12.4. The van der Waals surface area contributed by atoms with Gasteiger partial charge in [0.2, 0.25) is 0 Å². The van der Waals surface area contributed by atoms with E-state index in [1.54, 1.807) is 17.5 Å². The lowest BCUT2D eigenvalue weighted by Crippen LogP contribution is -2.26. The molecule has 0 spiro atoms. The first kappa shape index (κ1) is 19.7. The summed E-state index contributed by atoms with van der Waals surface area (Å²) >= 11 is 1.68. The molecule has 3 heterocycles. The fourth-order valence-corrected chi connectivity index (χ4v) is 4.32. The predicted octanol–water partition coefficient (Wildman–Crippen LogP) is 3.24. The molecule has 4 rings (SSSR count). The summed E-state index contributed by atoms with van der Waals surface area (Å²) in [6.07, 6.45) is 6.43. The first-order valence-electron chi connectivity index (χ1n) is 9.05. The van der Waals surface area contributed by atoms with Gasteiger partial charge in [-0.25, -0.2) is 4.98 Å². The van der Waals surface area contributed by atoms with Crippen molar-refractivity contribution in [1.29, 1.82) is 0 Å². The molecule has 0 bridgehead atoms. The van der Waals surface area contributed by atoms with Crippen LogP contribution in [0.4, 0.5) is 0 Å². The van der Waals surface area contributed by atoms with Gasteiger partial charge in [-0.3, -0.25) is 9.78 Å². The normalized spacial score (nSPS) is 16.2. The average Bonchev–Trinajstić information content (AvgIpc) is 3.31. The molecule has 0 radical (unpaired) electrons. The van der Waals surface area contributed by atoms with E-state index in [4.69, 9.17) is 0 Å². The number of nitrogens with zero attached hydrogens (tertiary/aromatic N) is 2. The van der Waals surface area contributed by atoms with Crippen LogP contribution < -0.4 is 10.6 Å². The number of pyridine rings is 1. The molecule has 1 aliphatic heterocycles. The number of carbonyl (C=O) groups excluding carboxylic acids is 1. The Bertz CT molecular complexity index is 875. The van der Waals surface area contributed by atoms with Crippen molar-refractivity contribution >= 4 is 39.9 Å². The number of halogens is 1. The Balaban J connectivity index is 0.00000210. The van der Waals surface area contributed by atoms with E-state index in [1.165, 1.54) is 11.1 Å². The smallest absolute Gasteiger partial charge is 0.252 e. The standard InChI is InChI=1S/C20H22N4OS.ClH/c25-20(16-10-15(12-22-13-16)9-14-5-7-21-11-14)23-8-6-19-24-17-3-1-2-4-18(17)26-19;/h1-4,10,12-14,21H,5-9,11H2,(H,23,25);1H. The summed E-state index contributed by atoms with van der Waals surface area (Å²) in [6, 6.07) is 10.1. The second kappa shape index (κ2) is 9.26. The van der Waals surface area contributed by atoms with Crippen molar-refractivity contribution in [3.05, 3.63) is 58.9 Å². The van der Waals surface area contributed by atoms with Crippen molar-refractivity contribution in [2.45, 2.75) is 19.3 Å². The minimum atomic E-state index is -0.0648. The number of carbonyl (C=O) groups is 1. The lowest BCUT2D eigenvalue weighted by molar-refractivity contribution is 0.0953. The van der Waals surface area contributed by atoms with Crippen LogP contribution in [-0.2, 0) is 12.8 Å². The summed E-state index contributed by atoms with van der Waals surface area (Å²) in [5.74, 6) is 0.583. The Morgan fingerprint density at radius 3 is 3.00 bits per heavy atom. The number of aromatic nitrogens is 2. The first-order chi connectivity index (χ1) is 12.8. The number of benzene rings is 1. The van der Waals surface area contributed by atoms with Gasteiger partial charge < -0.3 is 10.6 Å². The fourth-order valence-electron chi connectivity index (χ4n) is 3.36. The van der Waals surface area contributed by atoms with Crippen molar-refractivity contribution in [2.24, 2.45) is 5.92 Å². The molecule has 1 aliphatic rings. The molecular formula is C20H23ClN4OS. The zero-order valence-electron chi connectivity index (χ0n) is 15.0. The van der Waals surface area contributed by atoms with Gasteiger partial charge in [-0.05, 0) is 55.6 Å². The maximum Gasteiger partial charge on any atom is 0.252 e. The third kappa shape index (κ3) is 5.03. The van der Waals surface area contributed by atoms with Crippen LogP contribution in [-0.4, -0.2) is 35.5 Å². The molecule has 27 heavy (non-hydrogen) atoms. The Morgan fingerprint density at radius 2 is 2.19 bits per heavy atom. The lowest BCUT2D eigenvalue weighted by Gasteiger charge is -2.09. The summed E-state index contributed by atoms with van der Waals surface area (Å²) in [7, 11) is 0. The topological polar surface area (TPSA) is 66.9 Å². The van der Waals surface area contributed by atoms with Crippen molar-refractivity contribution in [2.75, 3.05) is 19.6 Å². The molecule has 1 fully saturated rings. The van der Waals surface area contributed by atoms with Crippen molar-refractivity contribution in [1.82, 2.24) is 20.6 Å². The maximum atomic E-state index is 12.4. The number of rotatable bonds is 6. The van der Waals surface area contributed by atoms with Gasteiger partial charge >= 0.3 is 0 Å². The highest BCUT2D eigenvalue weighted by Gasteiger charge is 2.16. The van der Waals surface area contributed by atoms with E-state index < -0.39 is 0 Å². The minimum Gasteiger partial charge on any atom is -0.352 e. The molecule has 1 atom stereocenters. The number of nitrogens with one attached hydrogen (secondary N) is 2. The molecule has 0 saturated carbocycles. The monoisotopic (exact) mass is 402 g/mol. The van der Waals surface area contributed by atoms with Crippen LogP contribution in [0.5, 0.6) is 0 Å². The molecule has 1 aromatic carbocycles. The van der Waals surface area contributed by atoms with E-state index in [0.29, 0.717) is 18.0 Å². The highest BCUT2D eigenvalue weighted by Crippen LogP contribution is 2.21. The van der Waals surface area contributed by atoms with E-state index in [1.807, 2.05) is 30.5 Å². The second-order valence-corrected chi connectivity index (χ2v) is 7.84. The van der Waals surface area contributed by atoms with Gasteiger partial charge in [-0.1, -0.05) is 12.1 Å². The van der Waals surface area contributed by atoms with E-state index in [9.17, 15) is 4.79 Å². The Hall–Kier alpha value is -2.02. The Morgan fingerprint density at radius 1 is 1.30 bits per heavy atom. The highest BCUT2D eigenvalue weighted by atomic mass is 35.5. The Kier molecular flexibility index (Phi) is 6.77. The molecule has 5 nitrogen and oxygen atoms in total. The summed E-state index contributed by atoms with van der Waals surface area (Å²) < 4.78 is 1.19. The molecule has 3 aromatic rings. The molecule has 1 amide bonds. The molecule has 1 unspecified atom stereocenters. The number of amides is 1. The Labute approximate surface area is 169 Å². The number of hydrogen-bond donors (Lipinski definition) is 2. The van der Waals surface area contributed by atoms with E-state index in [-0.39, 0.29) is 18.3 Å². The quantitative estimate of drug-likeness (QED) is 0.664. The summed E-state index contributed by atoms with van der Waals surface area (Å²) in [6.45, 7) is 2.72. The van der Waals surface area contributed by atoms with Gasteiger partial charge in [0.1, 0.15) is 0 Å². The van der Waals surface area contributed by atoms with Crippen molar-refractivity contribution in [3.63, 3.8) is 0 Å². The van der Waals surface area contributed by atoms with Crippen LogP contribution in [0.15, 0.2) is 42.7 Å². The highest BCUT2D eigenvalue weighted by molar-refractivity contribution is 7.18. The average molecular weight is 403 g/mol.